The van der Waals surface area contributed by atoms with Gasteiger partial charge in [0.1, 0.15) is 11.6 Å². The highest BCUT2D eigenvalue weighted by molar-refractivity contribution is 5.82. The van der Waals surface area contributed by atoms with Gasteiger partial charge in [0.25, 0.3) is 0 Å². The number of ketones is 1. The number of nitrogens with zero attached hydrogens (tertiary/aromatic N) is 1. The number of ether oxygens (including phenoxy) is 2. The molecule has 0 saturated carbocycles. The van der Waals surface area contributed by atoms with Crippen LogP contribution in [-0.2, 0) is 24.1 Å². The minimum absolute atomic E-state index is 0.0297. The molecule has 6 N–H and O–H groups in total. The fraction of sp³-hybridized carbons (Fsp3) is 0.333. The van der Waals surface area contributed by atoms with Gasteiger partial charge >= 0.3 is 0 Å². The average Bonchev–Trinajstić information content (AvgIpc) is 2.87. The lowest BCUT2D eigenvalue weighted by Crippen LogP contribution is -2.31. The number of phenols is 3. The second kappa shape index (κ2) is 12.1. The molecule has 2 atom stereocenters. The summed E-state index contributed by atoms with van der Waals surface area (Å²) in [4.78, 5) is 17.3. The van der Waals surface area contributed by atoms with E-state index in [9.17, 15) is 25.2 Å². The van der Waals surface area contributed by atoms with Crippen LogP contribution >= 0.6 is 0 Å². The smallest absolute Gasteiger partial charge is 0.200 e. The molecule has 0 saturated heterocycles. The number of anilines is 1. The van der Waals surface area contributed by atoms with Gasteiger partial charge in [0, 0.05) is 18.5 Å². The molecule has 0 aliphatic heterocycles. The molecule has 0 radical (unpaired) electrons. The van der Waals surface area contributed by atoms with Crippen LogP contribution in [0.2, 0.25) is 0 Å². The van der Waals surface area contributed by atoms with E-state index in [1.54, 1.807) is 36.5 Å². The molecule has 9 nitrogen and oxygen atoms in total. The molecule has 0 aliphatic carbocycles. The Balaban J connectivity index is 1.75. The van der Waals surface area contributed by atoms with Gasteiger partial charge in [0.2, 0.25) is 5.75 Å². The summed E-state index contributed by atoms with van der Waals surface area (Å²) in [5.74, 6) is -0.712. The van der Waals surface area contributed by atoms with E-state index in [0.717, 1.165) is 11.1 Å². The van der Waals surface area contributed by atoms with Gasteiger partial charge in [-0.05, 0) is 78.8 Å². The molecule has 1 aromatic heterocycles. The lowest BCUT2D eigenvalue weighted by Gasteiger charge is -2.23. The van der Waals surface area contributed by atoms with Gasteiger partial charge < -0.3 is 35.6 Å². The number of methoxy groups -OCH3 is 2. The molecule has 1 heterocycles. The Morgan fingerprint density at radius 3 is 2.33 bits per heavy atom. The maximum Gasteiger partial charge on any atom is 0.200 e. The SMILES string of the molecule is COc1cc(CCC(O)C(Cc2ccnc(N)c2)C(=O)CCc2cc(O)c(O)c(OC)c2)ccc1O. The third-order valence-corrected chi connectivity index (χ3v) is 6.15. The number of nitrogen functional groups attached to an aromatic ring is 1. The van der Waals surface area contributed by atoms with Crippen LogP contribution in [0.25, 0.3) is 0 Å². The number of hydrogen-bond acceptors (Lipinski definition) is 9. The summed E-state index contributed by atoms with van der Waals surface area (Å²) in [7, 11) is 2.84. The maximum absolute atomic E-state index is 13.3. The van der Waals surface area contributed by atoms with Gasteiger partial charge in [-0.15, -0.1) is 0 Å². The predicted octanol–water partition coefficient (Wildman–Crippen LogP) is 3.15. The monoisotopic (exact) mass is 496 g/mol. The molecule has 9 heteroatoms. The van der Waals surface area contributed by atoms with Gasteiger partial charge in [-0.1, -0.05) is 6.07 Å². The van der Waals surface area contributed by atoms with Gasteiger partial charge in [-0.25, -0.2) is 4.98 Å². The van der Waals surface area contributed by atoms with E-state index in [4.69, 9.17) is 15.2 Å². The topological polar surface area (TPSA) is 155 Å². The lowest BCUT2D eigenvalue weighted by atomic mass is 9.85. The second-order valence-electron chi connectivity index (χ2n) is 8.64. The molecule has 0 bridgehead atoms. The van der Waals surface area contributed by atoms with Crippen molar-refractivity contribution < 1.29 is 34.7 Å². The Morgan fingerprint density at radius 1 is 0.917 bits per heavy atom. The summed E-state index contributed by atoms with van der Waals surface area (Å²) in [5, 5.41) is 40.6. The molecule has 3 rings (SSSR count). The Kier molecular flexibility index (Phi) is 8.97. The zero-order chi connectivity index (χ0) is 26.2. The zero-order valence-corrected chi connectivity index (χ0v) is 20.3. The molecule has 0 amide bonds. The highest BCUT2D eigenvalue weighted by Crippen LogP contribution is 2.36. The van der Waals surface area contributed by atoms with Gasteiger partial charge in [0.05, 0.1) is 20.3 Å². The first kappa shape index (κ1) is 26.6. The van der Waals surface area contributed by atoms with E-state index in [2.05, 4.69) is 4.98 Å². The number of aromatic nitrogens is 1. The number of pyridine rings is 1. The second-order valence-corrected chi connectivity index (χ2v) is 8.64. The minimum atomic E-state index is -0.936. The van der Waals surface area contributed by atoms with Crippen molar-refractivity contribution in [3.05, 3.63) is 65.4 Å². The molecule has 0 spiro atoms. The number of rotatable bonds is 12. The number of aryl methyl sites for hydroxylation is 2. The van der Waals surface area contributed by atoms with Crippen LogP contribution in [-0.4, -0.2) is 51.5 Å². The fourth-order valence-corrected chi connectivity index (χ4v) is 4.13. The standard InChI is InChI=1S/C27H32N2O7/c1-35-24-13-16(4-8-22(24)32)3-6-20(30)19(11-18-9-10-29-26(28)15-18)21(31)7-5-17-12-23(33)27(34)25(14-17)36-2/h4,8-10,12-15,19-20,30,32-34H,3,5-7,11H2,1-2H3,(H2,28,29). The third-order valence-electron chi connectivity index (χ3n) is 6.15. The predicted molar refractivity (Wildman–Crippen MR) is 134 cm³/mol. The number of aromatic hydroxyl groups is 3. The molecule has 2 aromatic carbocycles. The first-order valence-corrected chi connectivity index (χ1v) is 11.6. The fourth-order valence-electron chi connectivity index (χ4n) is 4.13. The molecule has 36 heavy (non-hydrogen) atoms. The first-order valence-electron chi connectivity index (χ1n) is 11.6. The van der Waals surface area contributed by atoms with Crippen molar-refractivity contribution in [2.24, 2.45) is 5.92 Å². The molecular formula is C27H32N2O7. The highest BCUT2D eigenvalue weighted by atomic mass is 16.5. The van der Waals surface area contributed by atoms with Gasteiger partial charge in [-0.2, -0.15) is 0 Å². The van der Waals surface area contributed by atoms with Crippen LogP contribution in [0.4, 0.5) is 5.82 Å². The Bertz CT molecular complexity index is 1200. The number of Topliss-reactive ketones (excluding diaryl/α,β-unsaturated/α-hetero) is 1. The number of nitrogens with two attached hydrogens (primary N) is 1. The minimum Gasteiger partial charge on any atom is -0.504 e. The third kappa shape index (κ3) is 6.79. The van der Waals surface area contributed by atoms with Crippen LogP contribution in [0.1, 0.15) is 29.5 Å². The normalized spacial score (nSPS) is 12.6. The van der Waals surface area contributed by atoms with E-state index in [1.807, 2.05) is 0 Å². The Hall–Kier alpha value is -3.98. The van der Waals surface area contributed by atoms with Gasteiger partial charge in [0.15, 0.2) is 23.0 Å². The number of carbonyl (C=O) groups is 1. The van der Waals surface area contributed by atoms with Crippen molar-refractivity contribution in [1.82, 2.24) is 4.98 Å². The lowest BCUT2D eigenvalue weighted by molar-refractivity contribution is -0.126. The number of benzene rings is 2. The number of aliphatic hydroxyl groups is 1. The number of hydrogen-bond donors (Lipinski definition) is 5. The number of carbonyl (C=O) groups excluding carboxylic acids is 1. The van der Waals surface area contributed by atoms with E-state index in [-0.39, 0.29) is 41.6 Å². The van der Waals surface area contributed by atoms with Crippen molar-refractivity contribution in [2.45, 2.75) is 38.2 Å². The summed E-state index contributed by atoms with van der Waals surface area (Å²) in [6.07, 6.45) is 2.11. The molecule has 2 unspecified atom stereocenters. The zero-order valence-electron chi connectivity index (χ0n) is 20.3. The Labute approximate surface area is 209 Å². The van der Waals surface area contributed by atoms with Crippen LogP contribution < -0.4 is 15.2 Å². The van der Waals surface area contributed by atoms with Crippen molar-refractivity contribution in [1.29, 1.82) is 0 Å². The summed E-state index contributed by atoms with van der Waals surface area (Å²) in [6.45, 7) is 0. The summed E-state index contributed by atoms with van der Waals surface area (Å²) in [5.41, 5.74) is 8.06. The van der Waals surface area contributed by atoms with Crippen LogP contribution in [0.3, 0.4) is 0 Å². The number of phenolic OH excluding ortho intramolecular Hbond substituents is 3. The van der Waals surface area contributed by atoms with Crippen molar-refractivity contribution in [3.63, 3.8) is 0 Å². The highest BCUT2D eigenvalue weighted by Gasteiger charge is 2.27. The summed E-state index contributed by atoms with van der Waals surface area (Å²) in [6, 6.07) is 11.4. The largest absolute Gasteiger partial charge is 0.504 e. The van der Waals surface area contributed by atoms with Crippen LogP contribution in [0.5, 0.6) is 28.7 Å². The maximum atomic E-state index is 13.3. The average molecular weight is 497 g/mol. The van der Waals surface area contributed by atoms with Crippen molar-refractivity contribution in [3.8, 4) is 28.7 Å². The first-order chi connectivity index (χ1) is 17.2. The Morgan fingerprint density at radius 2 is 1.64 bits per heavy atom. The van der Waals surface area contributed by atoms with Crippen LogP contribution in [0, 0.1) is 5.92 Å². The molecular weight excluding hydrogens is 464 g/mol. The van der Waals surface area contributed by atoms with E-state index in [1.165, 1.54) is 26.4 Å². The summed E-state index contributed by atoms with van der Waals surface area (Å²) >= 11 is 0. The molecule has 3 aromatic rings. The van der Waals surface area contributed by atoms with Crippen molar-refractivity contribution in [2.75, 3.05) is 20.0 Å². The molecule has 0 fully saturated rings. The van der Waals surface area contributed by atoms with E-state index < -0.39 is 12.0 Å². The molecule has 0 aliphatic rings. The van der Waals surface area contributed by atoms with Crippen molar-refractivity contribution >= 4 is 11.6 Å². The van der Waals surface area contributed by atoms with Crippen LogP contribution in [0.15, 0.2) is 48.7 Å². The van der Waals surface area contributed by atoms with E-state index in [0.29, 0.717) is 36.4 Å². The molecule has 192 valence electrons. The quantitative estimate of drug-likeness (QED) is 0.238. The van der Waals surface area contributed by atoms with Gasteiger partial charge in [-0.3, -0.25) is 4.79 Å². The summed E-state index contributed by atoms with van der Waals surface area (Å²) < 4.78 is 10.2. The van der Waals surface area contributed by atoms with E-state index >= 15 is 0 Å². The number of aliphatic hydroxyl groups excluding tert-OH is 1.